The van der Waals surface area contributed by atoms with Crippen LogP contribution in [0.5, 0.6) is 5.75 Å². The summed E-state index contributed by atoms with van der Waals surface area (Å²) in [5, 5.41) is 0.637. The second-order valence-corrected chi connectivity index (χ2v) is 6.76. The van der Waals surface area contributed by atoms with E-state index in [1.807, 2.05) is 0 Å². The summed E-state index contributed by atoms with van der Waals surface area (Å²) in [6.45, 7) is 0. The molecule has 3 nitrogen and oxygen atoms in total. The van der Waals surface area contributed by atoms with E-state index in [0.717, 1.165) is 4.47 Å². The van der Waals surface area contributed by atoms with Crippen molar-refractivity contribution >= 4 is 67.4 Å². The smallest absolute Gasteiger partial charge is 0.253 e. The van der Waals surface area contributed by atoms with Gasteiger partial charge in [0.15, 0.2) is 0 Å². The second-order valence-electron chi connectivity index (χ2n) is 3.56. The lowest BCUT2D eigenvalue weighted by molar-refractivity contribution is 0.0998. The summed E-state index contributed by atoms with van der Waals surface area (Å²) in [5.41, 5.74) is 0.989. The summed E-state index contributed by atoms with van der Waals surface area (Å²) in [6, 6.07) is 3.54. The molecule has 0 unspecified atom stereocenters. The van der Waals surface area contributed by atoms with Gasteiger partial charge >= 0.3 is 0 Å². The molecule has 1 N–H and O–H groups in total. The lowest BCUT2D eigenvalue weighted by atomic mass is 10.1. The van der Waals surface area contributed by atoms with Gasteiger partial charge in [-0.2, -0.15) is 0 Å². The Labute approximate surface area is 126 Å². The normalized spacial score (nSPS) is 11.8. The average molecular weight is 371 g/mol. The van der Waals surface area contributed by atoms with Crippen molar-refractivity contribution in [3.8, 4) is 5.75 Å². The topological polar surface area (TPSA) is 42.1 Å². The number of nitrogens with one attached hydrogen (secondary N) is 1. The van der Waals surface area contributed by atoms with E-state index in [2.05, 4.69) is 20.9 Å². The number of benzene rings is 1. The van der Waals surface area contributed by atoms with Crippen molar-refractivity contribution < 1.29 is 9.53 Å². The van der Waals surface area contributed by atoms with Crippen LogP contribution in [-0.4, -0.2) is 21.7 Å². The van der Waals surface area contributed by atoms with Crippen LogP contribution in [-0.2, 0) is 0 Å². The first-order valence-corrected chi connectivity index (χ1v) is 6.73. The van der Waals surface area contributed by atoms with Crippen LogP contribution < -0.4 is 4.74 Å². The Bertz CT molecular complexity index is 619. The molecule has 0 atom stereocenters. The van der Waals surface area contributed by atoms with Crippen LogP contribution in [0.15, 0.2) is 22.8 Å². The number of aromatic nitrogens is 1. The molecule has 0 bridgehead atoms. The highest BCUT2D eigenvalue weighted by molar-refractivity contribution is 9.10. The zero-order valence-corrected chi connectivity index (χ0v) is 12.9. The molecule has 0 saturated carbocycles. The summed E-state index contributed by atoms with van der Waals surface area (Å²) in [6.07, 6.45) is 1.50. The molecule has 0 radical (unpaired) electrons. The van der Waals surface area contributed by atoms with Gasteiger partial charge in [-0.25, -0.2) is 0 Å². The number of carbonyl (C=O) groups is 1. The van der Waals surface area contributed by atoms with Crippen LogP contribution in [0.25, 0.3) is 10.9 Å². The predicted octanol–water partition coefficient (Wildman–Crippen LogP) is 4.49. The Kier molecular flexibility index (Phi) is 3.83. The number of hydrogen-bond acceptors (Lipinski definition) is 2. The number of rotatable bonds is 2. The van der Waals surface area contributed by atoms with Gasteiger partial charge in [-0.1, -0.05) is 50.7 Å². The zero-order chi connectivity index (χ0) is 13.5. The number of H-pyrrole nitrogens is 1. The number of methoxy groups -OCH3 is 1. The Hall–Kier alpha value is -0.420. The minimum atomic E-state index is -1.98. The Morgan fingerprint density at radius 3 is 2.61 bits per heavy atom. The third-order valence-corrected chi connectivity index (χ3v) is 3.41. The van der Waals surface area contributed by atoms with Gasteiger partial charge in [-0.05, 0) is 12.1 Å². The third-order valence-electron chi connectivity index (χ3n) is 2.44. The summed E-state index contributed by atoms with van der Waals surface area (Å²) >= 11 is 20.2. The number of hydrogen-bond donors (Lipinski definition) is 1. The molecule has 0 fully saturated rings. The Balaban J connectivity index is 2.68. The molecule has 1 heterocycles. The van der Waals surface area contributed by atoms with Gasteiger partial charge < -0.3 is 9.72 Å². The molecule has 0 aliphatic rings. The number of Topliss-reactive ketones (excluding diaryl/α,β-unsaturated/α-hetero) is 1. The van der Waals surface area contributed by atoms with Gasteiger partial charge in [-0.15, -0.1) is 0 Å². The van der Waals surface area contributed by atoms with Gasteiger partial charge in [-0.3, -0.25) is 4.79 Å². The fraction of sp³-hybridized carbons (Fsp3) is 0.182. The van der Waals surface area contributed by atoms with E-state index >= 15 is 0 Å². The van der Waals surface area contributed by atoms with Gasteiger partial charge in [0.1, 0.15) is 5.75 Å². The van der Waals surface area contributed by atoms with Crippen LogP contribution in [0.4, 0.5) is 0 Å². The van der Waals surface area contributed by atoms with E-state index in [-0.39, 0.29) is 0 Å². The van der Waals surface area contributed by atoms with Gasteiger partial charge in [0.2, 0.25) is 5.78 Å². The highest BCUT2D eigenvalue weighted by Gasteiger charge is 2.33. The van der Waals surface area contributed by atoms with Crippen molar-refractivity contribution in [1.82, 2.24) is 4.98 Å². The molecule has 0 aliphatic heterocycles. The van der Waals surface area contributed by atoms with Crippen molar-refractivity contribution in [3.05, 3.63) is 28.4 Å². The summed E-state index contributed by atoms with van der Waals surface area (Å²) in [4.78, 5) is 14.9. The monoisotopic (exact) mass is 369 g/mol. The summed E-state index contributed by atoms with van der Waals surface area (Å²) in [5.74, 6) is 0.0154. The molecule has 18 heavy (non-hydrogen) atoms. The third kappa shape index (κ3) is 2.48. The van der Waals surface area contributed by atoms with Crippen LogP contribution in [0.3, 0.4) is 0 Å². The molecular weight excluding hydrogens is 364 g/mol. The van der Waals surface area contributed by atoms with Crippen molar-refractivity contribution in [2.75, 3.05) is 7.11 Å². The molecule has 0 aliphatic carbocycles. The van der Waals surface area contributed by atoms with E-state index in [1.54, 1.807) is 19.2 Å². The molecule has 0 saturated heterocycles. The summed E-state index contributed by atoms with van der Waals surface area (Å²) < 4.78 is 4.00. The van der Waals surface area contributed by atoms with Crippen LogP contribution in [0.2, 0.25) is 0 Å². The standard InChI is InChI=1S/C11H7BrCl3NO2/c1-18-8-3-5(12)2-6-7(4-16-9(6)8)10(17)11(13,14)15/h2-4,16H,1H3. The molecule has 1 aromatic carbocycles. The molecule has 96 valence electrons. The van der Waals surface area contributed by atoms with Gasteiger partial charge in [0, 0.05) is 21.6 Å². The van der Waals surface area contributed by atoms with E-state index in [1.165, 1.54) is 6.20 Å². The predicted molar refractivity (Wildman–Crippen MR) is 77.2 cm³/mol. The van der Waals surface area contributed by atoms with Crippen LogP contribution >= 0.6 is 50.7 Å². The summed E-state index contributed by atoms with van der Waals surface area (Å²) in [7, 11) is 1.54. The molecule has 2 aromatic rings. The number of aromatic amines is 1. The molecule has 2 rings (SSSR count). The zero-order valence-electron chi connectivity index (χ0n) is 9.06. The van der Waals surface area contributed by atoms with Crippen LogP contribution in [0, 0.1) is 0 Å². The average Bonchev–Trinajstić information content (AvgIpc) is 2.68. The fourth-order valence-corrected chi connectivity index (χ4v) is 2.41. The second kappa shape index (κ2) is 4.93. The van der Waals surface area contributed by atoms with Gasteiger partial charge in [0.25, 0.3) is 3.79 Å². The van der Waals surface area contributed by atoms with Crippen molar-refractivity contribution in [2.24, 2.45) is 0 Å². The fourth-order valence-electron chi connectivity index (χ4n) is 1.67. The lowest BCUT2D eigenvalue weighted by Gasteiger charge is -2.08. The van der Waals surface area contributed by atoms with Crippen molar-refractivity contribution in [2.45, 2.75) is 3.79 Å². The highest BCUT2D eigenvalue weighted by Crippen LogP contribution is 2.36. The Morgan fingerprint density at radius 1 is 1.39 bits per heavy atom. The van der Waals surface area contributed by atoms with Crippen molar-refractivity contribution in [3.63, 3.8) is 0 Å². The lowest BCUT2D eigenvalue weighted by Crippen LogP contribution is -2.18. The Morgan fingerprint density at radius 2 is 2.06 bits per heavy atom. The number of carbonyl (C=O) groups excluding carboxylic acids is 1. The SMILES string of the molecule is COc1cc(Br)cc2c(C(=O)C(Cl)(Cl)Cl)c[nH]c12. The molecule has 7 heteroatoms. The molecule has 0 amide bonds. The largest absolute Gasteiger partial charge is 0.495 e. The number of halogens is 4. The first-order chi connectivity index (χ1) is 8.34. The van der Waals surface area contributed by atoms with E-state index < -0.39 is 9.58 Å². The molecule has 0 spiro atoms. The van der Waals surface area contributed by atoms with E-state index in [9.17, 15) is 4.79 Å². The highest BCUT2D eigenvalue weighted by atomic mass is 79.9. The molecule has 1 aromatic heterocycles. The van der Waals surface area contributed by atoms with Crippen LogP contribution in [0.1, 0.15) is 10.4 Å². The van der Waals surface area contributed by atoms with Gasteiger partial charge in [0.05, 0.1) is 12.6 Å². The maximum absolute atomic E-state index is 12.0. The maximum atomic E-state index is 12.0. The number of ether oxygens (including phenoxy) is 1. The first kappa shape index (κ1) is 14.0. The van der Waals surface area contributed by atoms with E-state index in [4.69, 9.17) is 39.5 Å². The number of ketones is 1. The maximum Gasteiger partial charge on any atom is 0.253 e. The minimum absolute atomic E-state index is 0.310. The number of alkyl halides is 3. The molecular formula is C11H7BrCl3NO2. The van der Waals surface area contributed by atoms with E-state index in [0.29, 0.717) is 22.2 Å². The minimum Gasteiger partial charge on any atom is -0.495 e. The van der Waals surface area contributed by atoms with Crippen molar-refractivity contribution in [1.29, 1.82) is 0 Å². The number of fused-ring (bicyclic) bond motifs is 1. The quantitative estimate of drug-likeness (QED) is 0.624. The first-order valence-electron chi connectivity index (χ1n) is 4.80.